The van der Waals surface area contributed by atoms with Gasteiger partial charge < -0.3 is 0 Å². The standard InChI is InChI=1S/C18H19N/c1-2-13-18(17-11-7-4-8-12-17)15-19(18)14-16-9-5-3-6-10-16/h2-12H,1,13-15H2. The molecule has 2 aromatic carbocycles. The molecule has 96 valence electrons. The van der Waals surface area contributed by atoms with Gasteiger partial charge in [0, 0.05) is 13.1 Å². The van der Waals surface area contributed by atoms with Crippen LogP contribution in [0.2, 0.25) is 0 Å². The minimum atomic E-state index is 0.179. The van der Waals surface area contributed by atoms with Gasteiger partial charge in [-0.3, -0.25) is 4.90 Å². The second-order valence-corrected chi connectivity index (χ2v) is 5.23. The zero-order valence-electron chi connectivity index (χ0n) is 11.1. The molecule has 1 aliphatic rings. The van der Waals surface area contributed by atoms with Gasteiger partial charge in [-0.2, -0.15) is 0 Å². The first kappa shape index (κ1) is 12.2. The van der Waals surface area contributed by atoms with Crippen molar-refractivity contribution in [3.8, 4) is 0 Å². The minimum Gasteiger partial charge on any atom is -0.286 e. The average Bonchev–Trinajstić information content (AvgIpc) is 3.15. The summed E-state index contributed by atoms with van der Waals surface area (Å²) in [5, 5.41) is 0. The molecular weight excluding hydrogens is 230 g/mol. The van der Waals surface area contributed by atoms with Gasteiger partial charge in [0.25, 0.3) is 0 Å². The molecule has 0 aromatic heterocycles. The molecule has 0 N–H and O–H groups in total. The van der Waals surface area contributed by atoms with Crippen LogP contribution in [-0.4, -0.2) is 11.4 Å². The second kappa shape index (κ2) is 5.02. The van der Waals surface area contributed by atoms with Gasteiger partial charge in [-0.25, -0.2) is 0 Å². The predicted molar refractivity (Wildman–Crippen MR) is 79.8 cm³/mol. The van der Waals surface area contributed by atoms with E-state index in [-0.39, 0.29) is 5.54 Å². The normalized spacial score (nSPS) is 24.9. The fraction of sp³-hybridized carbons (Fsp3) is 0.222. The van der Waals surface area contributed by atoms with Crippen LogP contribution in [0, 0.1) is 0 Å². The van der Waals surface area contributed by atoms with E-state index in [4.69, 9.17) is 0 Å². The molecule has 1 aliphatic heterocycles. The van der Waals surface area contributed by atoms with Crippen LogP contribution >= 0.6 is 0 Å². The van der Waals surface area contributed by atoms with Gasteiger partial charge in [0.05, 0.1) is 5.54 Å². The molecule has 1 heteroatoms. The molecule has 0 saturated carbocycles. The highest BCUT2D eigenvalue weighted by Gasteiger charge is 2.51. The highest BCUT2D eigenvalue weighted by molar-refractivity contribution is 5.33. The third-order valence-corrected chi connectivity index (χ3v) is 3.96. The summed E-state index contributed by atoms with van der Waals surface area (Å²) in [6, 6.07) is 21.5. The van der Waals surface area contributed by atoms with Gasteiger partial charge in [-0.15, -0.1) is 6.58 Å². The van der Waals surface area contributed by atoms with E-state index < -0.39 is 0 Å². The first-order valence-corrected chi connectivity index (χ1v) is 6.80. The third kappa shape index (κ3) is 2.34. The molecule has 2 unspecified atom stereocenters. The van der Waals surface area contributed by atoms with E-state index in [1.165, 1.54) is 11.1 Å². The Morgan fingerprint density at radius 2 is 1.63 bits per heavy atom. The summed E-state index contributed by atoms with van der Waals surface area (Å²) >= 11 is 0. The number of nitrogens with zero attached hydrogens (tertiary/aromatic N) is 1. The topological polar surface area (TPSA) is 3.01 Å². The molecule has 0 spiro atoms. The number of hydrogen-bond acceptors (Lipinski definition) is 1. The van der Waals surface area contributed by atoms with Crippen molar-refractivity contribution >= 4 is 0 Å². The third-order valence-electron chi connectivity index (χ3n) is 3.96. The largest absolute Gasteiger partial charge is 0.286 e. The Balaban J connectivity index is 1.80. The van der Waals surface area contributed by atoms with Crippen LogP contribution in [0.15, 0.2) is 73.3 Å². The molecule has 1 heterocycles. The zero-order valence-corrected chi connectivity index (χ0v) is 11.1. The van der Waals surface area contributed by atoms with E-state index in [9.17, 15) is 0 Å². The van der Waals surface area contributed by atoms with Crippen LogP contribution in [0.1, 0.15) is 17.5 Å². The van der Waals surface area contributed by atoms with Crippen molar-refractivity contribution in [2.45, 2.75) is 18.5 Å². The SMILES string of the molecule is C=CCC1(c2ccccc2)CN1Cc1ccccc1. The Labute approximate surface area is 115 Å². The fourth-order valence-corrected chi connectivity index (χ4v) is 2.86. The lowest BCUT2D eigenvalue weighted by Crippen LogP contribution is -2.15. The molecular formula is C18H19N. The lowest BCUT2D eigenvalue weighted by molar-refractivity contribution is 0.408. The van der Waals surface area contributed by atoms with Gasteiger partial charge in [0.2, 0.25) is 0 Å². The highest BCUT2D eigenvalue weighted by atomic mass is 15.4. The summed E-state index contributed by atoms with van der Waals surface area (Å²) in [4.78, 5) is 2.53. The molecule has 1 fully saturated rings. The number of hydrogen-bond donors (Lipinski definition) is 0. The van der Waals surface area contributed by atoms with Crippen LogP contribution in [0.4, 0.5) is 0 Å². The maximum Gasteiger partial charge on any atom is 0.0627 e. The Hall–Kier alpha value is -1.86. The Bertz CT molecular complexity index is 546. The van der Waals surface area contributed by atoms with Crippen LogP contribution in [0.3, 0.4) is 0 Å². The van der Waals surface area contributed by atoms with Crippen molar-refractivity contribution in [1.82, 2.24) is 4.90 Å². The molecule has 0 aliphatic carbocycles. The lowest BCUT2D eigenvalue weighted by Gasteiger charge is -2.17. The van der Waals surface area contributed by atoms with Crippen molar-refractivity contribution in [3.63, 3.8) is 0 Å². The van der Waals surface area contributed by atoms with Crippen LogP contribution < -0.4 is 0 Å². The molecule has 0 radical (unpaired) electrons. The van der Waals surface area contributed by atoms with E-state index in [0.29, 0.717) is 0 Å². The molecule has 3 rings (SSSR count). The van der Waals surface area contributed by atoms with E-state index >= 15 is 0 Å². The quantitative estimate of drug-likeness (QED) is 0.572. The second-order valence-electron chi connectivity index (χ2n) is 5.23. The maximum absolute atomic E-state index is 3.93. The van der Waals surface area contributed by atoms with E-state index in [2.05, 4.69) is 72.1 Å². The molecule has 0 bridgehead atoms. The Morgan fingerprint density at radius 1 is 1.00 bits per heavy atom. The first-order valence-electron chi connectivity index (χ1n) is 6.80. The number of rotatable bonds is 5. The van der Waals surface area contributed by atoms with Gasteiger partial charge in [-0.1, -0.05) is 66.7 Å². The van der Waals surface area contributed by atoms with Gasteiger partial charge >= 0.3 is 0 Å². The maximum atomic E-state index is 3.93. The average molecular weight is 249 g/mol. The van der Waals surface area contributed by atoms with Gasteiger partial charge in [-0.05, 0) is 17.5 Å². The smallest absolute Gasteiger partial charge is 0.0627 e. The van der Waals surface area contributed by atoms with Gasteiger partial charge in [0.15, 0.2) is 0 Å². The summed E-state index contributed by atoms with van der Waals surface area (Å²) in [6.45, 7) is 6.07. The first-order chi connectivity index (χ1) is 9.35. The van der Waals surface area contributed by atoms with E-state index in [1.54, 1.807) is 0 Å². The summed E-state index contributed by atoms with van der Waals surface area (Å²) in [6.07, 6.45) is 3.06. The van der Waals surface area contributed by atoms with Gasteiger partial charge in [0.1, 0.15) is 0 Å². The molecule has 2 aromatic rings. The van der Waals surface area contributed by atoms with Crippen molar-refractivity contribution < 1.29 is 0 Å². The molecule has 19 heavy (non-hydrogen) atoms. The van der Waals surface area contributed by atoms with Crippen LogP contribution in [-0.2, 0) is 12.1 Å². The van der Waals surface area contributed by atoms with Crippen molar-refractivity contribution in [3.05, 3.63) is 84.4 Å². The predicted octanol–water partition coefficient (Wildman–Crippen LogP) is 3.97. The Kier molecular flexibility index (Phi) is 3.22. The molecule has 0 amide bonds. The zero-order chi connectivity index (χ0) is 13.1. The summed E-state index contributed by atoms with van der Waals surface area (Å²) < 4.78 is 0. The van der Waals surface area contributed by atoms with E-state index in [0.717, 1.165) is 19.5 Å². The summed E-state index contributed by atoms with van der Waals surface area (Å²) in [7, 11) is 0. The molecule has 1 saturated heterocycles. The van der Waals surface area contributed by atoms with Crippen LogP contribution in [0.25, 0.3) is 0 Å². The van der Waals surface area contributed by atoms with Crippen LogP contribution in [0.5, 0.6) is 0 Å². The van der Waals surface area contributed by atoms with E-state index in [1.807, 2.05) is 6.08 Å². The monoisotopic (exact) mass is 249 g/mol. The number of benzene rings is 2. The summed E-state index contributed by atoms with van der Waals surface area (Å²) in [5.74, 6) is 0. The Morgan fingerprint density at radius 3 is 2.26 bits per heavy atom. The fourth-order valence-electron chi connectivity index (χ4n) is 2.86. The van der Waals surface area contributed by atoms with Crippen molar-refractivity contribution in [2.24, 2.45) is 0 Å². The highest BCUT2D eigenvalue weighted by Crippen LogP contribution is 2.46. The minimum absolute atomic E-state index is 0.179. The van der Waals surface area contributed by atoms with Crippen molar-refractivity contribution in [2.75, 3.05) is 6.54 Å². The molecule has 2 atom stereocenters. The lowest BCUT2D eigenvalue weighted by atomic mass is 9.95. The summed E-state index contributed by atoms with van der Waals surface area (Å²) in [5.41, 5.74) is 2.97. The van der Waals surface area contributed by atoms with Crippen molar-refractivity contribution in [1.29, 1.82) is 0 Å². The molecule has 1 nitrogen and oxygen atoms in total.